The summed E-state index contributed by atoms with van der Waals surface area (Å²) in [5, 5.41) is 3.82. The van der Waals surface area contributed by atoms with Crippen molar-refractivity contribution in [3.63, 3.8) is 0 Å². The molecule has 0 saturated carbocycles. The Kier molecular flexibility index (Phi) is 9.26. The summed E-state index contributed by atoms with van der Waals surface area (Å²) in [6, 6.07) is 13.2. The van der Waals surface area contributed by atoms with Crippen LogP contribution in [0.4, 0.5) is 10.5 Å². The molecule has 4 aromatic rings. The first-order valence-corrected chi connectivity index (χ1v) is 14.4. The third kappa shape index (κ3) is 6.70. The van der Waals surface area contributed by atoms with Gasteiger partial charge in [-0.15, -0.1) is 0 Å². The molecule has 2 aromatic carbocycles. The quantitative estimate of drug-likeness (QED) is 0.186. The van der Waals surface area contributed by atoms with E-state index in [-0.39, 0.29) is 17.5 Å². The zero-order valence-corrected chi connectivity index (χ0v) is 25.6. The van der Waals surface area contributed by atoms with Gasteiger partial charge in [-0.05, 0) is 79.9 Å². The summed E-state index contributed by atoms with van der Waals surface area (Å²) in [7, 11) is 0. The number of hydrogen-bond donors (Lipinski definition) is 1. The molecule has 40 heavy (non-hydrogen) atoms. The number of hydrogen-bond acceptors (Lipinski definition) is 6. The van der Waals surface area contributed by atoms with Gasteiger partial charge >= 0.3 is 12.1 Å². The predicted octanol–water partition coefficient (Wildman–Crippen LogP) is 8.63. The molecule has 0 unspecified atom stereocenters. The number of rotatable bonds is 9. The summed E-state index contributed by atoms with van der Waals surface area (Å²) in [5.41, 5.74) is 2.48. The van der Waals surface area contributed by atoms with Crippen molar-refractivity contribution in [3.05, 3.63) is 69.2 Å². The number of carbonyl (C=O) groups is 2. The van der Waals surface area contributed by atoms with Gasteiger partial charge in [-0.2, -0.15) is 0 Å². The number of anilines is 1. The van der Waals surface area contributed by atoms with E-state index >= 15 is 0 Å². The van der Waals surface area contributed by atoms with Gasteiger partial charge in [-0.3, -0.25) is 5.32 Å². The van der Waals surface area contributed by atoms with Crippen LogP contribution in [0.25, 0.3) is 22.3 Å². The summed E-state index contributed by atoms with van der Waals surface area (Å²) in [4.78, 5) is 29.7. The third-order valence-corrected chi connectivity index (χ3v) is 7.12. The summed E-state index contributed by atoms with van der Waals surface area (Å²) >= 11 is 10.1. The number of para-hydroxylation sites is 1. The van der Waals surface area contributed by atoms with Gasteiger partial charge in [-0.1, -0.05) is 43.1 Å². The number of fused-ring (bicyclic) bond motifs is 1. The van der Waals surface area contributed by atoms with Crippen LogP contribution in [0.15, 0.2) is 51.4 Å². The monoisotopic (exact) mass is 629 g/mol. The van der Waals surface area contributed by atoms with Crippen molar-refractivity contribution in [2.75, 3.05) is 11.9 Å². The number of aryl methyl sites for hydroxylation is 1. The van der Waals surface area contributed by atoms with E-state index in [1.165, 1.54) is 0 Å². The van der Waals surface area contributed by atoms with Crippen LogP contribution in [0, 0.1) is 0 Å². The molecule has 0 atom stereocenters. The van der Waals surface area contributed by atoms with Gasteiger partial charge < -0.3 is 18.5 Å². The predicted molar refractivity (Wildman–Crippen MR) is 160 cm³/mol. The van der Waals surface area contributed by atoms with Crippen molar-refractivity contribution >= 4 is 56.3 Å². The van der Waals surface area contributed by atoms with Crippen LogP contribution in [0.5, 0.6) is 0 Å². The molecule has 0 aliphatic heterocycles. The van der Waals surface area contributed by atoms with Crippen LogP contribution >= 0.6 is 27.5 Å². The van der Waals surface area contributed by atoms with Crippen LogP contribution in [0.3, 0.4) is 0 Å². The summed E-state index contributed by atoms with van der Waals surface area (Å²) in [6.07, 6.45) is 2.05. The molecule has 4 rings (SSSR count). The van der Waals surface area contributed by atoms with Gasteiger partial charge in [0.2, 0.25) is 0 Å². The van der Waals surface area contributed by atoms with Crippen LogP contribution in [0.1, 0.15) is 69.3 Å². The molecule has 2 heterocycles. The van der Waals surface area contributed by atoms with Gasteiger partial charge in [0.1, 0.15) is 17.0 Å². The second-order valence-corrected chi connectivity index (χ2v) is 11.5. The number of nitrogens with zero attached hydrogens (tertiary/aromatic N) is 2. The van der Waals surface area contributed by atoms with Crippen LogP contribution in [0.2, 0.25) is 5.15 Å². The van der Waals surface area contributed by atoms with Gasteiger partial charge in [0, 0.05) is 23.9 Å². The standard InChI is InChI=1S/C30H33BrClN3O5/c1-6-8-13-23-34-27(32)25(28(36)38-7-2)35(23)17-18-14-15-22-20(16-18)24(31)26(39-22)19-11-9-10-12-21(19)33-29(37)40-30(3,4)5/h9-12,14-16H,6-8,13,17H2,1-5H3,(H,33,37). The lowest BCUT2D eigenvalue weighted by Gasteiger charge is -2.20. The lowest BCUT2D eigenvalue weighted by Crippen LogP contribution is -2.27. The first kappa shape index (κ1) is 29.7. The Morgan fingerprint density at radius 3 is 2.60 bits per heavy atom. The minimum atomic E-state index is -0.627. The minimum Gasteiger partial charge on any atom is -0.461 e. The number of benzene rings is 2. The van der Waals surface area contributed by atoms with Gasteiger partial charge in [-0.25, -0.2) is 14.6 Å². The van der Waals surface area contributed by atoms with E-state index < -0.39 is 17.7 Å². The van der Waals surface area contributed by atoms with Crippen molar-refractivity contribution in [1.82, 2.24) is 9.55 Å². The van der Waals surface area contributed by atoms with E-state index in [1.807, 2.05) is 61.7 Å². The Balaban J connectivity index is 1.70. The molecule has 0 spiro atoms. The number of imidazole rings is 1. The number of ether oxygens (including phenoxy) is 2. The number of halogens is 2. The Hall–Kier alpha value is -3.30. The van der Waals surface area contributed by atoms with E-state index in [4.69, 9.17) is 25.5 Å². The Labute approximate surface area is 247 Å². The summed E-state index contributed by atoms with van der Waals surface area (Å²) in [6.45, 7) is 9.92. The fourth-order valence-electron chi connectivity index (χ4n) is 4.33. The van der Waals surface area contributed by atoms with E-state index in [0.29, 0.717) is 35.6 Å². The van der Waals surface area contributed by atoms with E-state index in [2.05, 4.69) is 33.2 Å². The third-order valence-electron chi connectivity index (χ3n) is 6.07. The second kappa shape index (κ2) is 12.5. The molecule has 0 aliphatic rings. The van der Waals surface area contributed by atoms with E-state index in [0.717, 1.165) is 34.1 Å². The van der Waals surface area contributed by atoms with Crippen molar-refractivity contribution in [2.45, 2.75) is 66.0 Å². The molecule has 0 bridgehead atoms. The molecule has 10 heteroatoms. The van der Waals surface area contributed by atoms with E-state index in [9.17, 15) is 9.59 Å². The number of unbranched alkanes of at least 4 members (excludes halogenated alkanes) is 1. The highest BCUT2D eigenvalue weighted by Gasteiger charge is 2.24. The smallest absolute Gasteiger partial charge is 0.412 e. The lowest BCUT2D eigenvalue weighted by molar-refractivity contribution is 0.0513. The molecule has 0 aliphatic carbocycles. The van der Waals surface area contributed by atoms with Crippen molar-refractivity contribution < 1.29 is 23.5 Å². The maximum absolute atomic E-state index is 12.7. The molecule has 0 radical (unpaired) electrons. The zero-order chi connectivity index (χ0) is 29.0. The molecule has 0 saturated heterocycles. The summed E-state index contributed by atoms with van der Waals surface area (Å²) in [5.74, 6) is 0.814. The largest absolute Gasteiger partial charge is 0.461 e. The Morgan fingerprint density at radius 2 is 1.90 bits per heavy atom. The molecule has 1 N–H and O–H groups in total. The molecule has 2 aromatic heterocycles. The average molecular weight is 631 g/mol. The number of amides is 1. The van der Waals surface area contributed by atoms with Crippen LogP contribution in [-0.4, -0.2) is 33.8 Å². The number of aromatic nitrogens is 2. The molecule has 1 amide bonds. The molecule has 0 fully saturated rings. The first-order chi connectivity index (χ1) is 19.0. The molecule has 212 valence electrons. The minimum absolute atomic E-state index is 0.145. The van der Waals surface area contributed by atoms with Crippen molar-refractivity contribution in [2.24, 2.45) is 0 Å². The molecular formula is C30H33BrClN3O5. The normalized spacial score (nSPS) is 11.6. The number of furan rings is 1. The van der Waals surface area contributed by atoms with Crippen LogP contribution in [-0.2, 0) is 22.4 Å². The van der Waals surface area contributed by atoms with Crippen LogP contribution < -0.4 is 5.32 Å². The average Bonchev–Trinajstić information content (AvgIpc) is 3.37. The topological polar surface area (TPSA) is 95.6 Å². The fourth-order valence-corrected chi connectivity index (χ4v) is 5.21. The maximum atomic E-state index is 12.7. The van der Waals surface area contributed by atoms with Gasteiger partial charge in [0.15, 0.2) is 16.6 Å². The Bertz CT molecular complexity index is 1540. The maximum Gasteiger partial charge on any atom is 0.412 e. The van der Waals surface area contributed by atoms with Crippen molar-refractivity contribution in [3.8, 4) is 11.3 Å². The highest BCUT2D eigenvalue weighted by molar-refractivity contribution is 9.10. The summed E-state index contributed by atoms with van der Waals surface area (Å²) < 4.78 is 19.5. The van der Waals surface area contributed by atoms with Crippen molar-refractivity contribution in [1.29, 1.82) is 0 Å². The number of nitrogens with one attached hydrogen (secondary N) is 1. The highest BCUT2D eigenvalue weighted by Crippen LogP contribution is 2.41. The van der Waals surface area contributed by atoms with Gasteiger partial charge in [0.05, 0.1) is 16.8 Å². The number of carbonyl (C=O) groups excluding carboxylic acids is 2. The van der Waals surface area contributed by atoms with E-state index in [1.54, 1.807) is 13.0 Å². The second-order valence-electron chi connectivity index (χ2n) is 10.3. The first-order valence-electron chi connectivity index (χ1n) is 13.2. The zero-order valence-electron chi connectivity index (χ0n) is 23.3. The SMILES string of the molecule is CCCCc1nc(Cl)c(C(=O)OCC)n1Cc1ccc2oc(-c3ccccc3NC(=O)OC(C)(C)C)c(Br)c2c1. The number of esters is 1. The lowest BCUT2D eigenvalue weighted by atomic mass is 10.1. The molecular weight excluding hydrogens is 598 g/mol. The Morgan fingerprint density at radius 1 is 1.15 bits per heavy atom. The highest BCUT2D eigenvalue weighted by atomic mass is 79.9. The molecule has 8 nitrogen and oxygen atoms in total. The van der Waals surface area contributed by atoms with Gasteiger partial charge in [0.25, 0.3) is 0 Å². The fraction of sp³-hybridized carbons (Fsp3) is 0.367.